The van der Waals surface area contributed by atoms with Gasteiger partial charge in [-0.2, -0.15) is 0 Å². The minimum absolute atomic E-state index is 0.248. The number of aldehydes is 1. The van der Waals surface area contributed by atoms with Gasteiger partial charge in [-0.05, 0) is 51.0 Å². The van der Waals surface area contributed by atoms with Gasteiger partial charge in [0.25, 0.3) is 5.91 Å². The minimum atomic E-state index is -0.566. The average Bonchev–Trinajstić information content (AvgIpc) is 2.92. The SMILES string of the molecule is CC.Cc1ccc(Nc2sc(C=O)c(C)c2C(=O)NCC(C)(C)N)c(F)c1. The van der Waals surface area contributed by atoms with Gasteiger partial charge >= 0.3 is 0 Å². The largest absolute Gasteiger partial charge is 0.350 e. The Kier molecular flexibility index (Phi) is 8.12. The van der Waals surface area contributed by atoms with Crippen molar-refractivity contribution in [2.45, 2.75) is 47.1 Å². The number of nitrogens with one attached hydrogen (secondary N) is 2. The minimum Gasteiger partial charge on any atom is -0.350 e. The summed E-state index contributed by atoms with van der Waals surface area (Å²) < 4.78 is 14.1. The highest BCUT2D eigenvalue weighted by Gasteiger charge is 2.23. The molecule has 0 aliphatic carbocycles. The number of carbonyl (C=O) groups is 2. The molecule has 0 fully saturated rings. The number of hydrogen-bond donors (Lipinski definition) is 3. The molecule has 27 heavy (non-hydrogen) atoms. The van der Waals surface area contributed by atoms with Crippen molar-refractivity contribution in [2.24, 2.45) is 5.73 Å². The van der Waals surface area contributed by atoms with Crippen molar-refractivity contribution in [3.63, 3.8) is 0 Å². The van der Waals surface area contributed by atoms with E-state index >= 15 is 0 Å². The zero-order chi connectivity index (χ0) is 20.8. The summed E-state index contributed by atoms with van der Waals surface area (Å²) in [5, 5.41) is 6.12. The molecule has 1 amide bonds. The third-order valence-electron chi connectivity index (χ3n) is 3.60. The molecule has 1 aromatic carbocycles. The fourth-order valence-electron chi connectivity index (χ4n) is 2.25. The van der Waals surface area contributed by atoms with E-state index in [4.69, 9.17) is 5.73 Å². The summed E-state index contributed by atoms with van der Waals surface area (Å²) in [6, 6.07) is 4.77. The number of benzene rings is 1. The van der Waals surface area contributed by atoms with Crippen molar-refractivity contribution >= 4 is 34.2 Å². The first-order valence-corrected chi connectivity index (χ1v) is 9.63. The number of carbonyl (C=O) groups excluding carboxylic acids is 2. The topological polar surface area (TPSA) is 84.2 Å². The normalized spacial score (nSPS) is 10.7. The summed E-state index contributed by atoms with van der Waals surface area (Å²) in [4.78, 5) is 24.3. The second-order valence-corrected chi connectivity index (χ2v) is 7.75. The smallest absolute Gasteiger partial charge is 0.254 e. The van der Waals surface area contributed by atoms with Gasteiger partial charge in [-0.1, -0.05) is 19.9 Å². The van der Waals surface area contributed by atoms with Crippen LogP contribution in [0.2, 0.25) is 0 Å². The van der Waals surface area contributed by atoms with E-state index in [1.54, 1.807) is 39.8 Å². The van der Waals surface area contributed by atoms with Crippen LogP contribution in [0, 0.1) is 19.7 Å². The van der Waals surface area contributed by atoms with Gasteiger partial charge in [-0.3, -0.25) is 9.59 Å². The zero-order valence-corrected chi connectivity index (χ0v) is 17.5. The molecule has 0 saturated heterocycles. The van der Waals surface area contributed by atoms with Gasteiger partial charge in [0.2, 0.25) is 0 Å². The van der Waals surface area contributed by atoms with Crippen LogP contribution in [0.1, 0.15) is 58.9 Å². The van der Waals surface area contributed by atoms with Gasteiger partial charge in [-0.15, -0.1) is 11.3 Å². The Hall–Kier alpha value is -2.25. The molecule has 7 heteroatoms. The maximum atomic E-state index is 14.1. The number of nitrogens with two attached hydrogens (primary N) is 1. The van der Waals surface area contributed by atoms with Crippen LogP contribution in [-0.4, -0.2) is 24.3 Å². The molecule has 2 rings (SSSR count). The van der Waals surface area contributed by atoms with Crippen molar-refractivity contribution in [1.29, 1.82) is 0 Å². The number of halogens is 1. The first kappa shape index (κ1) is 22.8. The summed E-state index contributed by atoms with van der Waals surface area (Å²) in [6.07, 6.45) is 0.695. The maximum absolute atomic E-state index is 14.1. The molecular formula is C20H28FN3O2S. The van der Waals surface area contributed by atoms with Crippen LogP contribution in [-0.2, 0) is 0 Å². The highest BCUT2D eigenvalue weighted by molar-refractivity contribution is 7.18. The van der Waals surface area contributed by atoms with E-state index in [0.29, 0.717) is 27.3 Å². The maximum Gasteiger partial charge on any atom is 0.254 e. The molecule has 1 heterocycles. The second-order valence-electron chi connectivity index (χ2n) is 6.69. The standard InChI is InChI=1S/C18H22FN3O2S.C2H6/c1-10-5-6-13(12(19)7-10)22-17-15(11(2)14(8-23)25-17)16(24)21-9-18(3,4)20;1-2/h5-8,22H,9,20H2,1-4H3,(H,21,24);1-2H3. The monoisotopic (exact) mass is 393 g/mol. The van der Waals surface area contributed by atoms with E-state index in [2.05, 4.69) is 10.6 Å². The number of hydrogen-bond acceptors (Lipinski definition) is 5. The predicted octanol–water partition coefficient (Wildman–Crippen LogP) is 4.55. The van der Waals surface area contributed by atoms with E-state index in [1.165, 1.54) is 6.07 Å². The van der Waals surface area contributed by atoms with E-state index in [1.807, 2.05) is 13.8 Å². The molecule has 0 unspecified atom stereocenters. The fourth-order valence-corrected chi connectivity index (χ4v) is 3.28. The summed E-state index contributed by atoms with van der Waals surface area (Å²) in [5.74, 6) is -0.774. The summed E-state index contributed by atoms with van der Waals surface area (Å²) in [5.41, 5.74) is 7.26. The van der Waals surface area contributed by atoms with E-state index in [0.717, 1.165) is 16.9 Å². The summed E-state index contributed by atoms with van der Waals surface area (Å²) in [6.45, 7) is 11.4. The molecule has 0 saturated carbocycles. The Morgan fingerprint density at radius 2 is 1.93 bits per heavy atom. The third kappa shape index (κ3) is 6.15. The average molecular weight is 394 g/mol. The van der Waals surface area contributed by atoms with Gasteiger partial charge in [0, 0.05) is 12.1 Å². The van der Waals surface area contributed by atoms with E-state index in [-0.39, 0.29) is 18.1 Å². The van der Waals surface area contributed by atoms with Crippen molar-refractivity contribution in [3.8, 4) is 0 Å². The Bertz CT molecular complexity index is 810. The van der Waals surface area contributed by atoms with Crippen LogP contribution in [0.3, 0.4) is 0 Å². The van der Waals surface area contributed by atoms with Gasteiger partial charge in [0.1, 0.15) is 10.8 Å². The van der Waals surface area contributed by atoms with Crippen molar-refractivity contribution in [1.82, 2.24) is 5.32 Å². The van der Waals surface area contributed by atoms with Crippen LogP contribution in [0.5, 0.6) is 0 Å². The molecule has 148 valence electrons. The number of thiophene rings is 1. The van der Waals surface area contributed by atoms with Crippen LogP contribution in [0.25, 0.3) is 0 Å². The molecule has 0 spiro atoms. The lowest BCUT2D eigenvalue weighted by Crippen LogP contribution is -2.45. The van der Waals surface area contributed by atoms with Crippen LogP contribution in [0.4, 0.5) is 15.1 Å². The van der Waals surface area contributed by atoms with Crippen molar-refractivity contribution in [2.75, 3.05) is 11.9 Å². The molecule has 0 bridgehead atoms. The van der Waals surface area contributed by atoms with Crippen molar-refractivity contribution in [3.05, 3.63) is 45.6 Å². The Morgan fingerprint density at radius 3 is 2.44 bits per heavy atom. The van der Waals surface area contributed by atoms with Crippen LogP contribution in [0.15, 0.2) is 18.2 Å². The molecule has 0 aliphatic heterocycles. The number of rotatable bonds is 6. The number of anilines is 2. The lowest BCUT2D eigenvalue weighted by atomic mass is 10.1. The molecule has 2 aromatic rings. The molecule has 0 atom stereocenters. The third-order valence-corrected chi connectivity index (χ3v) is 4.73. The quantitative estimate of drug-likeness (QED) is 0.629. The first-order valence-electron chi connectivity index (χ1n) is 8.81. The second kappa shape index (κ2) is 9.62. The molecule has 0 aliphatic rings. The van der Waals surface area contributed by atoms with Gasteiger partial charge in [0.15, 0.2) is 6.29 Å². The summed E-state index contributed by atoms with van der Waals surface area (Å²) >= 11 is 1.12. The number of aryl methyl sites for hydroxylation is 1. The molecule has 4 N–H and O–H groups in total. The lowest BCUT2D eigenvalue weighted by molar-refractivity contribution is 0.0946. The molecule has 5 nitrogen and oxygen atoms in total. The Morgan fingerprint density at radius 1 is 1.30 bits per heavy atom. The highest BCUT2D eigenvalue weighted by atomic mass is 32.1. The summed E-state index contributed by atoms with van der Waals surface area (Å²) in [7, 11) is 0. The van der Waals surface area contributed by atoms with E-state index < -0.39 is 11.4 Å². The van der Waals surface area contributed by atoms with Crippen LogP contribution < -0.4 is 16.4 Å². The van der Waals surface area contributed by atoms with Gasteiger partial charge in [-0.25, -0.2) is 4.39 Å². The van der Waals surface area contributed by atoms with Crippen molar-refractivity contribution < 1.29 is 14.0 Å². The Balaban J connectivity index is 0.00000176. The van der Waals surface area contributed by atoms with Gasteiger partial charge < -0.3 is 16.4 Å². The molecular weight excluding hydrogens is 365 g/mol. The lowest BCUT2D eigenvalue weighted by Gasteiger charge is -2.19. The fraction of sp³-hybridized carbons (Fsp3) is 0.400. The molecule has 1 aromatic heterocycles. The zero-order valence-electron chi connectivity index (χ0n) is 16.7. The van der Waals surface area contributed by atoms with E-state index in [9.17, 15) is 14.0 Å². The predicted molar refractivity (Wildman–Crippen MR) is 111 cm³/mol. The molecule has 0 radical (unpaired) electrons. The van der Waals surface area contributed by atoms with Gasteiger partial charge in [0.05, 0.1) is 16.1 Å². The first-order chi connectivity index (χ1) is 12.6. The Labute approximate surface area is 164 Å². The highest BCUT2D eigenvalue weighted by Crippen LogP contribution is 2.35. The number of amides is 1. The van der Waals surface area contributed by atoms with Crippen LogP contribution >= 0.6 is 11.3 Å².